The molecular formula is C6H2FNO2S3. The number of fused-ring (bicyclic) bond motifs is 1. The molecule has 0 aliphatic carbocycles. The molecule has 0 bridgehead atoms. The van der Waals surface area contributed by atoms with Gasteiger partial charge in [0.1, 0.15) is 10.7 Å². The van der Waals surface area contributed by atoms with Crippen molar-refractivity contribution in [2.24, 2.45) is 0 Å². The van der Waals surface area contributed by atoms with Crippen molar-refractivity contribution in [2.75, 3.05) is 0 Å². The summed E-state index contributed by atoms with van der Waals surface area (Å²) in [4.78, 5) is 11.2. The number of rotatable bonds is 1. The largest absolute Gasteiger partial charge is 0.287 e. The molecule has 1 aromatic rings. The van der Waals surface area contributed by atoms with Crippen LogP contribution in [0.5, 0.6) is 0 Å². The van der Waals surface area contributed by atoms with Crippen molar-refractivity contribution in [2.45, 2.75) is 9.79 Å². The molecule has 68 valence electrons. The zero-order valence-electron chi connectivity index (χ0n) is 6.02. The fourth-order valence-electron chi connectivity index (χ4n) is 0.924. The number of nitro groups is 1. The van der Waals surface area contributed by atoms with Gasteiger partial charge in [-0.1, -0.05) is 0 Å². The van der Waals surface area contributed by atoms with Crippen molar-refractivity contribution in [3.63, 3.8) is 0 Å². The Morgan fingerprint density at radius 3 is 2.85 bits per heavy atom. The summed E-state index contributed by atoms with van der Waals surface area (Å²) in [6.07, 6.45) is 0. The van der Waals surface area contributed by atoms with Crippen LogP contribution in [0.15, 0.2) is 21.9 Å². The SMILES string of the molecule is O=[N+]([O-])c1cc(F)cc2c1SSS2. The molecule has 0 amide bonds. The highest BCUT2D eigenvalue weighted by Gasteiger charge is 2.25. The molecule has 0 saturated carbocycles. The van der Waals surface area contributed by atoms with Crippen molar-refractivity contribution < 1.29 is 9.31 Å². The predicted molar refractivity (Wildman–Crippen MR) is 52.4 cm³/mol. The number of hydrogen-bond acceptors (Lipinski definition) is 5. The minimum Gasteiger partial charge on any atom is -0.258 e. The van der Waals surface area contributed by atoms with E-state index in [-0.39, 0.29) is 5.69 Å². The van der Waals surface area contributed by atoms with E-state index >= 15 is 0 Å². The molecule has 2 rings (SSSR count). The first-order chi connectivity index (χ1) is 6.18. The summed E-state index contributed by atoms with van der Waals surface area (Å²) in [6, 6.07) is 2.28. The third kappa shape index (κ3) is 1.63. The van der Waals surface area contributed by atoms with E-state index < -0.39 is 10.7 Å². The number of hydrogen-bond donors (Lipinski definition) is 0. The molecule has 0 saturated heterocycles. The Kier molecular flexibility index (Phi) is 2.39. The smallest absolute Gasteiger partial charge is 0.258 e. The first-order valence-corrected chi connectivity index (χ1v) is 6.66. The third-order valence-electron chi connectivity index (χ3n) is 1.44. The first-order valence-electron chi connectivity index (χ1n) is 3.17. The lowest BCUT2D eigenvalue weighted by atomic mass is 10.3. The van der Waals surface area contributed by atoms with Crippen molar-refractivity contribution in [1.29, 1.82) is 0 Å². The standard InChI is InChI=1S/C6H2FNO2S3/c7-3-1-4(8(9)10)6-5(2-3)11-13-12-6/h1-2H. The Morgan fingerprint density at radius 1 is 1.38 bits per heavy atom. The number of nitrogens with zero attached hydrogens (tertiary/aromatic N) is 1. The summed E-state index contributed by atoms with van der Waals surface area (Å²) in [5, 5.41) is 10.5. The van der Waals surface area contributed by atoms with Crippen LogP contribution in [-0.2, 0) is 0 Å². The summed E-state index contributed by atoms with van der Waals surface area (Å²) in [5.74, 6) is -0.555. The van der Waals surface area contributed by atoms with E-state index in [1.54, 1.807) is 0 Å². The summed E-state index contributed by atoms with van der Waals surface area (Å²) in [7, 11) is 4.06. The van der Waals surface area contributed by atoms with Crippen molar-refractivity contribution >= 4 is 37.1 Å². The van der Waals surface area contributed by atoms with E-state index in [0.29, 0.717) is 9.79 Å². The van der Waals surface area contributed by atoms with Crippen LogP contribution in [0.1, 0.15) is 0 Å². The average molecular weight is 235 g/mol. The van der Waals surface area contributed by atoms with Crippen LogP contribution in [0.4, 0.5) is 10.1 Å². The van der Waals surface area contributed by atoms with E-state index in [1.807, 2.05) is 0 Å². The summed E-state index contributed by atoms with van der Waals surface area (Å²) in [5.41, 5.74) is -0.141. The molecule has 0 atom stereocenters. The maximum atomic E-state index is 12.8. The lowest BCUT2D eigenvalue weighted by Gasteiger charge is -1.97. The van der Waals surface area contributed by atoms with Crippen molar-refractivity contribution in [1.82, 2.24) is 0 Å². The highest BCUT2D eigenvalue weighted by molar-refractivity contribution is 9.10. The molecule has 7 heteroatoms. The Balaban J connectivity index is 2.62. The molecule has 1 aliphatic heterocycles. The van der Waals surface area contributed by atoms with Crippen LogP contribution in [0, 0.1) is 15.9 Å². The van der Waals surface area contributed by atoms with Crippen molar-refractivity contribution in [3.05, 3.63) is 28.1 Å². The highest BCUT2D eigenvalue weighted by atomic mass is 33.5. The van der Waals surface area contributed by atoms with Gasteiger partial charge in [-0.25, -0.2) is 4.39 Å². The molecule has 0 N–H and O–H groups in total. The Labute approximate surface area is 84.4 Å². The van der Waals surface area contributed by atoms with Gasteiger partial charge in [0, 0.05) is 4.90 Å². The minimum absolute atomic E-state index is 0.141. The van der Waals surface area contributed by atoms with E-state index in [2.05, 4.69) is 0 Å². The minimum atomic E-state index is -0.555. The quantitative estimate of drug-likeness (QED) is 0.423. The molecule has 0 aromatic heterocycles. The lowest BCUT2D eigenvalue weighted by molar-refractivity contribution is -0.388. The van der Waals surface area contributed by atoms with Crippen LogP contribution in [0.25, 0.3) is 0 Å². The number of nitro benzene ring substituents is 1. The maximum absolute atomic E-state index is 12.8. The van der Waals surface area contributed by atoms with Gasteiger partial charge < -0.3 is 0 Å². The van der Waals surface area contributed by atoms with Crippen LogP contribution in [0.3, 0.4) is 0 Å². The van der Waals surface area contributed by atoms with Gasteiger partial charge >= 0.3 is 0 Å². The van der Waals surface area contributed by atoms with E-state index in [0.717, 1.165) is 6.07 Å². The second kappa shape index (κ2) is 3.39. The Hall–Kier alpha value is -0.400. The Bertz CT molecular complexity index is 384. The summed E-state index contributed by atoms with van der Waals surface area (Å²) < 4.78 is 12.8. The van der Waals surface area contributed by atoms with E-state index in [1.165, 1.54) is 37.5 Å². The highest BCUT2D eigenvalue weighted by Crippen LogP contribution is 2.58. The van der Waals surface area contributed by atoms with E-state index in [4.69, 9.17) is 0 Å². The fourth-order valence-corrected chi connectivity index (χ4v) is 5.39. The molecule has 0 unspecified atom stereocenters. The van der Waals surface area contributed by atoms with E-state index in [9.17, 15) is 14.5 Å². The predicted octanol–water partition coefficient (Wildman–Crippen LogP) is 3.49. The molecule has 1 heterocycles. The maximum Gasteiger partial charge on any atom is 0.287 e. The van der Waals surface area contributed by atoms with Gasteiger partial charge in [0.15, 0.2) is 0 Å². The molecule has 0 fully saturated rings. The number of halogens is 1. The van der Waals surface area contributed by atoms with Crippen LogP contribution in [-0.4, -0.2) is 4.92 Å². The molecule has 0 spiro atoms. The first kappa shape index (κ1) is 9.17. The zero-order valence-corrected chi connectivity index (χ0v) is 8.47. The Morgan fingerprint density at radius 2 is 2.15 bits per heavy atom. The van der Waals surface area contributed by atoms with Gasteiger partial charge in [0.05, 0.1) is 11.0 Å². The fraction of sp³-hybridized carbons (Fsp3) is 0. The van der Waals surface area contributed by atoms with Gasteiger partial charge in [-0.3, -0.25) is 10.1 Å². The third-order valence-corrected chi connectivity index (χ3v) is 5.47. The second-order valence-corrected chi connectivity index (χ2v) is 6.19. The monoisotopic (exact) mass is 235 g/mol. The number of benzene rings is 1. The molecule has 1 aliphatic rings. The van der Waals surface area contributed by atoms with Crippen LogP contribution >= 0.6 is 31.4 Å². The average Bonchev–Trinajstić information content (AvgIpc) is 2.49. The second-order valence-electron chi connectivity index (χ2n) is 2.24. The van der Waals surface area contributed by atoms with Gasteiger partial charge in [0.2, 0.25) is 0 Å². The van der Waals surface area contributed by atoms with Gasteiger partial charge in [-0.2, -0.15) is 0 Å². The topological polar surface area (TPSA) is 43.1 Å². The zero-order chi connectivity index (χ0) is 9.42. The van der Waals surface area contributed by atoms with Gasteiger partial charge in [-0.05, 0) is 37.5 Å². The van der Waals surface area contributed by atoms with Crippen LogP contribution in [0.2, 0.25) is 0 Å². The molecular weight excluding hydrogens is 233 g/mol. The van der Waals surface area contributed by atoms with Gasteiger partial charge in [-0.15, -0.1) is 0 Å². The normalized spacial score (nSPS) is 14.2. The molecule has 0 radical (unpaired) electrons. The van der Waals surface area contributed by atoms with Gasteiger partial charge in [0.25, 0.3) is 5.69 Å². The molecule has 13 heavy (non-hydrogen) atoms. The molecule has 3 nitrogen and oxygen atoms in total. The van der Waals surface area contributed by atoms with Crippen LogP contribution < -0.4 is 0 Å². The van der Waals surface area contributed by atoms with Crippen molar-refractivity contribution in [3.8, 4) is 0 Å². The summed E-state index contributed by atoms with van der Waals surface area (Å²) >= 11 is 0. The summed E-state index contributed by atoms with van der Waals surface area (Å²) in [6.45, 7) is 0. The lowest BCUT2D eigenvalue weighted by Crippen LogP contribution is -1.91. The molecule has 1 aromatic carbocycles.